The van der Waals surface area contributed by atoms with Crippen LogP contribution in [0.25, 0.3) is 77.6 Å². The van der Waals surface area contributed by atoms with Gasteiger partial charge in [0.15, 0.2) is 0 Å². The fraction of sp³-hybridized carbons (Fsp3) is 0.0652. The van der Waals surface area contributed by atoms with Gasteiger partial charge in [-0.15, -0.1) is 54.1 Å². The summed E-state index contributed by atoms with van der Waals surface area (Å²) in [4.78, 5) is 13.6. The molecule has 0 N–H and O–H groups in total. The van der Waals surface area contributed by atoms with Gasteiger partial charge in [-0.3, -0.25) is 0 Å². The van der Waals surface area contributed by atoms with Crippen LogP contribution in [0.1, 0.15) is 16.8 Å². The average Bonchev–Trinajstić information content (AvgIpc) is 3.54. The molecule has 9 rings (SSSR count). The van der Waals surface area contributed by atoms with Crippen LogP contribution < -0.4 is 0 Å². The third-order valence-electron chi connectivity index (χ3n) is 9.06. The van der Waals surface area contributed by atoms with E-state index in [1.807, 2.05) is 80.8 Å². The molecule has 0 unspecified atom stereocenters. The SMILES string of the molecule is Cc1ccc(-c2[c-]cccc2)nc1.Cc1ccc2c(n1)oc1c(-c3cc(-c4ccc5cc(-c6ccccc6)ccc5c4C)ccn3)[c-]ccc12.[Ir]. The Hall–Kier alpha value is -5.74. The van der Waals surface area contributed by atoms with Crippen LogP contribution in [0.3, 0.4) is 0 Å². The Kier molecular flexibility index (Phi) is 9.67. The Morgan fingerprint density at radius 2 is 1.43 bits per heavy atom. The third kappa shape index (κ3) is 6.87. The maximum absolute atomic E-state index is 6.21. The second-order valence-corrected chi connectivity index (χ2v) is 12.5. The molecule has 4 aromatic heterocycles. The van der Waals surface area contributed by atoms with Gasteiger partial charge >= 0.3 is 0 Å². The molecule has 9 aromatic rings. The Balaban J connectivity index is 0.000000245. The van der Waals surface area contributed by atoms with Crippen molar-refractivity contribution in [1.82, 2.24) is 15.0 Å². The summed E-state index contributed by atoms with van der Waals surface area (Å²) < 4.78 is 6.21. The predicted octanol–water partition coefficient (Wildman–Crippen LogP) is 11.8. The molecule has 4 heterocycles. The van der Waals surface area contributed by atoms with E-state index in [1.54, 1.807) is 0 Å². The first-order valence-corrected chi connectivity index (χ1v) is 16.7. The zero-order chi connectivity index (χ0) is 34.0. The van der Waals surface area contributed by atoms with Crippen molar-refractivity contribution in [3.05, 3.63) is 175 Å². The molecule has 0 saturated carbocycles. The van der Waals surface area contributed by atoms with Crippen molar-refractivity contribution < 1.29 is 24.5 Å². The molecule has 5 aromatic carbocycles. The van der Waals surface area contributed by atoms with Gasteiger partial charge in [0.1, 0.15) is 0 Å². The van der Waals surface area contributed by atoms with E-state index in [-0.39, 0.29) is 20.1 Å². The van der Waals surface area contributed by atoms with Gasteiger partial charge in [0.05, 0.1) is 5.58 Å². The molecule has 0 fully saturated rings. The molecule has 1 radical (unpaired) electrons. The zero-order valence-corrected chi connectivity index (χ0v) is 30.8. The first-order valence-electron chi connectivity index (χ1n) is 16.7. The second-order valence-electron chi connectivity index (χ2n) is 12.5. The van der Waals surface area contributed by atoms with Crippen molar-refractivity contribution in [3.8, 4) is 44.8 Å². The van der Waals surface area contributed by atoms with Gasteiger partial charge in [0, 0.05) is 43.6 Å². The summed E-state index contributed by atoms with van der Waals surface area (Å²) in [7, 11) is 0. The topological polar surface area (TPSA) is 51.8 Å². The number of aryl methyl sites for hydroxylation is 3. The number of nitrogens with zero attached hydrogens (tertiary/aromatic N) is 3. The average molecular weight is 836 g/mol. The molecule has 0 spiro atoms. The minimum atomic E-state index is 0. The van der Waals surface area contributed by atoms with Gasteiger partial charge in [-0.25, -0.2) is 4.98 Å². The van der Waals surface area contributed by atoms with E-state index in [9.17, 15) is 0 Å². The molecule has 0 saturated heterocycles. The number of furan rings is 1. The van der Waals surface area contributed by atoms with Crippen LogP contribution in [0.5, 0.6) is 0 Å². The van der Waals surface area contributed by atoms with Gasteiger partial charge < -0.3 is 14.4 Å². The number of aromatic nitrogens is 3. The monoisotopic (exact) mass is 836 g/mol. The number of hydrogen-bond donors (Lipinski definition) is 0. The van der Waals surface area contributed by atoms with Gasteiger partial charge in [0.2, 0.25) is 5.71 Å². The summed E-state index contributed by atoms with van der Waals surface area (Å²) in [5.41, 5.74) is 13.2. The molecule has 0 aliphatic carbocycles. The Morgan fingerprint density at radius 1 is 0.588 bits per heavy atom. The fourth-order valence-electron chi connectivity index (χ4n) is 6.43. The number of fused-ring (bicyclic) bond motifs is 4. The van der Waals surface area contributed by atoms with E-state index in [4.69, 9.17) is 9.40 Å². The van der Waals surface area contributed by atoms with Crippen LogP contribution in [0, 0.1) is 32.9 Å². The van der Waals surface area contributed by atoms with Gasteiger partial charge in [-0.05, 0) is 101 Å². The van der Waals surface area contributed by atoms with E-state index in [0.717, 1.165) is 50.1 Å². The first-order chi connectivity index (χ1) is 24.5. The van der Waals surface area contributed by atoms with Crippen molar-refractivity contribution in [3.63, 3.8) is 0 Å². The van der Waals surface area contributed by atoms with Gasteiger partial charge in [0.25, 0.3) is 0 Å². The molecule has 0 bridgehead atoms. The maximum Gasteiger partial charge on any atom is 0.216 e. The predicted molar refractivity (Wildman–Crippen MR) is 205 cm³/mol. The van der Waals surface area contributed by atoms with E-state index < -0.39 is 0 Å². The van der Waals surface area contributed by atoms with Crippen LogP contribution in [-0.4, -0.2) is 15.0 Å². The summed E-state index contributed by atoms with van der Waals surface area (Å²) in [6.45, 7) is 6.20. The van der Waals surface area contributed by atoms with Crippen molar-refractivity contribution in [2.75, 3.05) is 0 Å². The Bertz CT molecular complexity index is 2610. The van der Waals surface area contributed by atoms with Gasteiger partial charge in [-0.1, -0.05) is 83.7 Å². The standard InChI is InChI=1S/C34H23N2O.C12H10N.Ir/c1-21-11-14-30-29-9-6-10-31(33(29)37-34(30)36-21)32-20-26(17-18-35-32)28-16-13-25-19-24(12-15-27(25)22(28)2)23-7-4-3-5-8-23;1-10-7-8-12(13-9-10)11-5-3-2-4-6-11;/h3-9,11-20H,1-2H3;2-5,7-9H,1H3;/q2*-1;. The van der Waals surface area contributed by atoms with Crippen LogP contribution in [0.4, 0.5) is 0 Å². The van der Waals surface area contributed by atoms with E-state index in [1.165, 1.54) is 38.6 Å². The van der Waals surface area contributed by atoms with Crippen molar-refractivity contribution in [1.29, 1.82) is 0 Å². The third-order valence-corrected chi connectivity index (χ3v) is 9.06. The fourth-order valence-corrected chi connectivity index (χ4v) is 6.43. The van der Waals surface area contributed by atoms with Crippen LogP contribution >= 0.6 is 0 Å². The molecule has 0 atom stereocenters. The molecule has 0 aliphatic rings. The zero-order valence-electron chi connectivity index (χ0n) is 28.4. The number of benzene rings is 5. The Labute approximate surface area is 311 Å². The van der Waals surface area contributed by atoms with Crippen molar-refractivity contribution in [2.24, 2.45) is 0 Å². The summed E-state index contributed by atoms with van der Waals surface area (Å²) in [5.74, 6) is 0. The molecule has 4 nitrogen and oxygen atoms in total. The smallest absolute Gasteiger partial charge is 0.216 e. The molecule has 5 heteroatoms. The summed E-state index contributed by atoms with van der Waals surface area (Å²) in [6.07, 6.45) is 3.74. The van der Waals surface area contributed by atoms with Crippen molar-refractivity contribution >= 4 is 32.8 Å². The van der Waals surface area contributed by atoms with Crippen molar-refractivity contribution in [2.45, 2.75) is 20.8 Å². The Morgan fingerprint density at radius 3 is 2.24 bits per heavy atom. The maximum atomic E-state index is 6.21. The molecular weight excluding hydrogens is 803 g/mol. The quantitative estimate of drug-likeness (QED) is 0.166. The van der Waals surface area contributed by atoms with Gasteiger partial charge in [-0.2, -0.15) is 0 Å². The van der Waals surface area contributed by atoms with E-state index in [0.29, 0.717) is 5.71 Å². The molecule has 51 heavy (non-hydrogen) atoms. The number of hydrogen-bond acceptors (Lipinski definition) is 4. The minimum Gasteiger partial charge on any atom is -0.486 e. The second kappa shape index (κ2) is 14.6. The summed E-state index contributed by atoms with van der Waals surface area (Å²) >= 11 is 0. The number of rotatable bonds is 4. The van der Waals surface area contributed by atoms with E-state index >= 15 is 0 Å². The summed E-state index contributed by atoms with van der Waals surface area (Å²) in [6, 6.07) is 52.3. The molecule has 249 valence electrons. The molecule has 0 aliphatic heterocycles. The number of pyridine rings is 3. The van der Waals surface area contributed by atoms with Crippen LogP contribution in [0.15, 0.2) is 150 Å². The largest absolute Gasteiger partial charge is 0.486 e. The first kappa shape index (κ1) is 33.7. The summed E-state index contributed by atoms with van der Waals surface area (Å²) in [5, 5.41) is 4.52. The minimum absolute atomic E-state index is 0. The molecule has 0 amide bonds. The molecular formula is C46H33IrN3O-2. The van der Waals surface area contributed by atoms with E-state index in [2.05, 4.69) is 108 Å². The normalized spacial score (nSPS) is 10.9. The van der Waals surface area contributed by atoms with Crippen LogP contribution in [0.2, 0.25) is 0 Å². The van der Waals surface area contributed by atoms with Crippen LogP contribution in [-0.2, 0) is 20.1 Å².